The van der Waals surface area contributed by atoms with Crippen molar-refractivity contribution in [3.8, 4) is 5.75 Å². The van der Waals surface area contributed by atoms with Crippen molar-refractivity contribution in [1.82, 2.24) is 24.8 Å². The summed E-state index contributed by atoms with van der Waals surface area (Å²) in [6.45, 7) is 0.387. The SMILES string of the molecule is O=C(Nc1ccc2nc(C(=O)N3C[C@@H](CCl)c4c3cc(O)c3ccccc43)cn2c1)c1cn[nH]n1. The number of fused-ring (bicyclic) bond motifs is 4. The highest BCUT2D eigenvalue weighted by Crippen LogP contribution is 2.45. The number of hydrogen-bond acceptors (Lipinski definition) is 6. The fraction of sp³-hybridized carbons (Fsp3) is 0.125. The molecule has 0 saturated carbocycles. The molecule has 2 amide bonds. The molecule has 3 aromatic heterocycles. The molecule has 0 unspecified atom stereocenters. The van der Waals surface area contributed by atoms with Gasteiger partial charge in [-0.3, -0.25) is 9.59 Å². The van der Waals surface area contributed by atoms with Crippen molar-refractivity contribution in [2.45, 2.75) is 5.92 Å². The third kappa shape index (κ3) is 3.46. The van der Waals surface area contributed by atoms with Gasteiger partial charge >= 0.3 is 0 Å². The Balaban J connectivity index is 1.34. The number of hydrogen-bond donors (Lipinski definition) is 3. The molecule has 0 fully saturated rings. The molecule has 2 aromatic carbocycles. The molecule has 1 atom stereocenters. The number of anilines is 2. The molecule has 0 radical (unpaired) electrons. The number of aromatic nitrogens is 5. The summed E-state index contributed by atoms with van der Waals surface area (Å²) in [5, 5.41) is 24.7. The fourth-order valence-electron chi connectivity index (χ4n) is 4.56. The molecule has 174 valence electrons. The summed E-state index contributed by atoms with van der Waals surface area (Å²) >= 11 is 6.29. The predicted octanol–water partition coefficient (Wildman–Crippen LogP) is 3.55. The number of H-pyrrole nitrogens is 1. The zero-order valence-electron chi connectivity index (χ0n) is 18.1. The van der Waals surface area contributed by atoms with Crippen LogP contribution >= 0.6 is 11.6 Å². The second-order valence-corrected chi connectivity index (χ2v) is 8.57. The number of imidazole rings is 1. The Kier molecular flexibility index (Phi) is 4.89. The Labute approximate surface area is 203 Å². The lowest BCUT2D eigenvalue weighted by Gasteiger charge is -2.17. The van der Waals surface area contributed by atoms with Gasteiger partial charge in [0.15, 0.2) is 5.69 Å². The number of rotatable bonds is 4. The molecule has 10 nitrogen and oxygen atoms in total. The van der Waals surface area contributed by atoms with Crippen LogP contribution in [0.2, 0.25) is 0 Å². The van der Waals surface area contributed by atoms with Gasteiger partial charge in [-0.05, 0) is 23.1 Å². The van der Waals surface area contributed by atoms with E-state index < -0.39 is 5.91 Å². The summed E-state index contributed by atoms with van der Waals surface area (Å²) in [6, 6.07) is 12.6. The standard InChI is InChI=1S/C24H18ClN7O3/c25-8-13-10-32(19-7-20(33)15-3-1-2-4-16(15)22(13)19)24(35)18-12-31-11-14(5-6-21(31)28-18)27-23(34)17-9-26-30-29-17/h1-7,9,11-13,33H,8,10H2,(H,27,34)(H,26,29,30)/t13-/m1/s1. The third-order valence-corrected chi connectivity index (χ3v) is 6.52. The molecule has 1 aliphatic rings. The van der Waals surface area contributed by atoms with Crippen LogP contribution in [0.5, 0.6) is 5.75 Å². The molecule has 0 spiro atoms. The van der Waals surface area contributed by atoms with Crippen molar-refractivity contribution in [3.05, 3.63) is 78.0 Å². The van der Waals surface area contributed by atoms with Crippen LogP contribution in [0.15, 0.2) is 61.1 Å². The molecule has 3 N–H and O–H groups in total. The van der Waals surface area contributed by atoms with E-state index in [9.17, 15) is 14.7 Å². The lowest BCUT2D eigenvalue weighted by Crippen LogP contribution is -2.30. The van der Waals surface area contributed by atoms with Gasteiger partial charge in [0.1, 0.15) is 17.1 Å². The Morgan fingerprint density at radius 1 is 1.14 bits per heavy atom. The zero-order valence-corrected chi connectivity index (χ0v) is 18.9. The van der Waals surface area contributed by atoms with Gasteiger partial charge in [-0.25, -0.2) is 4.98 Å². The number of nitrogens with zero attached hydrogens (tertiary/aromatic N) is 5. The van der Waals surface area contributed by atoms with Crippen LogP contribution in [0, 0.1) is 0 Å². The van der Waals surface area contributed by atoms with Crippen LogP contribution in [0.4, 0.5) is 11.4 Å². The number of carbonyl (C=O) groups excluding carboxylic acids is 2. The first kappa shape index (κ1) is 21.1. The Bertz CT molecular complexity index is 1610. The predicted molar refractivity (Wildman–Crippen MR) is 130 cm³/mol. The van der Waals surface area contributed by atoms with Crippen LogP contribution in [0.25, 0.3) is 16.4 Å². The second kappa shape index (κ2) is 8.10. The number of benzene rings is 2. The molecule has 0 bridgehead atoms. The molecule has 1 aliphatic heterocycles. The van der Waals surface area contributed by atoms with Crippen molar-refractivity contribution >= 4 is 51.2 Å². The van der Waals surface area contributed by atoms with Crippen LogP contribution in [-0.2, 0) is 0 Å². The Morgan fingerprint density at radius 3 is 2.74 bits per heavy atom. The normalized spacial score (nSPS) is 15.0. The van der Waals surface area contributed by atoms with Crippen LogP contribution in [-0.4, -0.2) is 54.1 Å². The van der Waals surface area contributed by atoms with Gasteiger partial charge in [-0.1, -0.05) is 24.3 Å². The van der Waals surface area contributed by atoms with E-state index >= 15 is 0 Å². The summed E-state index contributed by atoms with van der Waals surface area (Å²) in [5.74, 6) is -0.343. The number of halogens is 1. The van der Waals surface area contributed by atoms with E-state index in [0.29, 0.717) is 29.4 Å². The lowest BCUT2D eigenvalue weighted by atomic mass is 9.95. The van der Waals surface area contributed by atoms with E-state index in [-0.39, 0.29) is 29.0 Å². The smallest absolute Gasteiger partial charge is 0.278 e. The van der Waals surface area contributed by atoms with Gasteiger partial charge < -0.3 is 19.7 Å². The molecule has 4 heterocycles. The van der Waals surface area contributed by atoms with E-state index in [4.69, 9.17) is 11.6 Å². The number of aromatic amines is 1. The number of pyridine rings is 1. The maximum Gasteiger partial charge on any atom is 0.278 e. The minimum absolute atomic E-state index is 0.0727. The average Bonchev–Trinajstić information content (AvgIpc) is 3.62. The van der Waals surface area contributed by atoms with Gasteiger partial charge in [0.2, 0.25) is 0 Å². The van der Waals surface area contributed by atoms with Crippen molar-refractivity contribution in [1.29, 1.82) is 0 Å². The molecule has 35 heavy (non-hydrogen) atoms. The maximum absolute atomic E-state index is 13.5. The first-order valence-electron chi connectivity index (χ1n) is 10.8. The van der Waals surface area contributed by atoms with Crippen LogP contribution < -0.4 is 10.2 Å². The number of phenols is 1. The summed E-state index contributed by atoms with van der Waals surface area (Å²) in [7, 11) is 0. The highest BCUT2D eigenvalue weighted by Gasteiger charge is 2.35. The van der Waals surface area contributed by atoms with E-state index in [1.807, 2.05) is 24.3 Å². The van der Waals surface area contributed by atoms with E-state index in [0.717, 1.165) is 16.3 Å². The quantitative estimate of drug-likeness (QED) is 0.332. The number of carbonyl (C=O) groups is 2. The van der Waals surface area contributed by atoms with Gasteiger partial charge in [0, 0.05) is 42.2 Å². The number of amides is 2. The van der Waals surface area contributed by atoms with E-state index in [1.165, 1.54) is 6.20 Å². The third-order valence-electron chi connectivity index (χ3n) is 6.15. The number of alkyl halides is 1. The van der Waals surface area contributed by atoms with E-state index in [1.54, 1.807) is 39.9 Å². The molecule has 0 saturated heterocycles. The van der Waals surface area contributed by atoms with Crippen LogP contribution in [0.3, 0.4) is 0 Å². The van der Waals surface area contributed by atoms with Crippen molar-refractivity contribution in [2.24, 2.45) is 0 Å². The topological polar surface area (TPSA) is 129 Å². The van der Waals surface area contributed by atoms with Gasteiger partial charge in [0.25, 0.3) is 11.8 Å². The number of phenolic OH excluding ortho intramolecular Hbond substituents is 1. The molecule has 6 rings (SSSR count). The zero-order chi connectivity index (χ0) is 24.1. The molecule has 11 heteroatoms. The number of aromatic hydroxyl groups is 1. The lowest BCUT2D eigenvalue weighted by molar-refractivity contribution is 0.0982. The average molecular weight is 488 g/mol. The summed E-state index contributed by atoms with van der Waals surface area (Å²) in [4.78, 5) is 31.9. The highest BCUT2D eigenvalue weighted by molar-refractivity contribution is 6.19. The first-order chi connectivity index (χ1) is 17.0. The first-order valence-corrected chi connectivity index (χ1v) is 11.3. The monoisotopic (exact) mass is 487 g/mol. The minimum Gasteiger partial charge on any atom is -0.507 e. The van der Waals surface area contributed by atoms with Gasteiger partial charge in [-0.2, -0.15) is 15.4 Å². The van der Waals surface area contributed by atoms with Gasteiger partial charge in [-0.15, -0.1) is 11.6 Å². The second-order valence-electron chi connectivity index (χ2n) is 8.26. The molecular weight excluding hydrogens is 470 g/mol. The largest absolute Gasteiger partial charge is 0.507 e. The molecule has 0 aliphatic carbocycles. The van der Waals surface area contributed by atoms with Crippen molar-refractivity contribution in [2.75, 3.05) is 22.6 Å². The van der Waals surface area contributed by atoms with Crippen molar-refractivity contribution in [3.63, 3.8) is 0 Å². The Morgan fingerprint density at radius 2 is 1.97 bits per heavy atom. The minimum atomic E-state index is -0.415. The summed E-state index contributed by atoms with van der Waals surface area (Å²) < 4.78 is 1.67. The summed E-state index contributed by atoms with van der Waals surface area (Å²) in [5.41, 5.74) is 3.02. The molecule has 5 aromatic rings. The van der Waals surface area contributed by atoms with Crippen LogP contribution in [0.1, 0.15) is 32.5 Å². The van der Waals surface area contributed by atoms with Crippen molar-refractivity contribution < 1.29 is 14.7 Å². The van der Waals surface area contributed by atoms with E-state index in [2.05, 4.69) is 25.7 Å². The fourth-order valence-corrected chi connectivity index (χ4v) is 4.81. The Hall–Kier alpha value is -4.44. The maximum atomic E-state index is 13.5. The molecular formula is C24H18ClN7O3. The highest BCUT2D eigenvalue weighted by atomic mass is 35.5. The van der Waals surface area contributed by atoms with Gasteiger partial charge in [0.05, 0.1) is 17.6 Å². The summed E-state index contributed by atoms with van der Waals surface area (Å²) in [6.07, 6.45) is 4.60. The number of nitrogens with one attached hydrogen (secondary N) is 2.